The summed E-state index contributed by atoms with van der Waals surface area (Å²) in [6.45, 7) is 4.10. The van der Waals surface area contributed by atoms with E-state index in [1.165, 1.54) is 17.7 Å². The van der Waals surface area contributed by atoms with Crippen molar-refractivity contribution in [3.63, 3.8) is 0 Å². The Bertz CT molecular complexity index is 815. The van der Waals surface area contributed by atoms with Crippen molar-refractivity contribution in [2.75, 3.05) is 5.32 Å². The maximum absolute atomic E-state index is 13.2. The van der Waals surface area contributed by atoms with Gasteiger partial charge in [0.1, 0.15) is 5.82 Å². The Labute approximate surface area is 128 Å². The molecule has 0 fully saturated rings. The molecular weight excluding hydrogens is 277 g/mol. The smallest absolute Gasteiger partial charge is 0.227 e. The van der Waals surface area contributed by atoms with Crippen LogP contribution in [-0.2, 0) is 0 Å². The number of anilines is 2. The lowest BCUT2D eigenvalue weighted by atomic mass is 10.0. The number of nitrogens with zero attached hydrogens (tertiary/aromatic N) is 2. The van der Waals surface area contributed by atoms with Gasteiger partial charge in [0.15, 0.2) is 0 Å². The molecule has 0 amide bonds. The van der Waals surface area contributed by atoms with Crippen molar-refractivity contribution < 1.29 is 4.39 Å². The van der Waals surface area contributed by atoms with Crippen molar-refractivity contribution in [1.29, 1.82) is 0 Å². The molecule has 2 aromatic carbocycles. The Hall–Kier alpha value is -2.75. The minimum atomic E-state index is -0.296. The van der Waals surface area contributed by atoms with Crippen LogP contribution in [0.15, 0.2) is 54.7 Å². The number of hydrogen-bond donors (Lipinski definition) is 1. The molecule has 0 saturated carbocycles. The SMILES string of the molecule is Cc1ccc(C)c(-c2ccnc(Nc3cccc(F)c3)n2)c1. The number of rotatable bonds is 3. The quantitative estimate of drug-likeness (QED) is 0.764. The summed E-state index contributed by atoms with van der Waals surface area (Å²) in [5.41, 5.74) is 4.87. The van der Waals surface area contributed by atoms with Crippen LogP contribution in [0.25, 0.3) is 11.3 Å². The average Bonchev–Trinajstić information content (AvgIpc) is 2.50. The summed E-state index contributed by atoms with van der Waals surface area (Å²) in [5, 5.41) is 3.03. The zero-order chi connectivity index (χ0) is 15.5. The van der Waals surface area contributed by atoms with Crippen molar-refractivity contribution in [3.05, 3.63) is 71.7 Å². The summed E-state index contributed by atoms with van der Waals surface area (Å²) in [6, 6.07) is 14.4. The molecule has 0 saturated heterocycles. The van der Waals surface area contributed by atoms with Crippen LogP contribution in [0, 0.1) is 19.7 Å². The second-order valence-electron chi connectivity index (χ2n) is 5.22. The highest BCUT2D eigenvalue weighted by Crippen LogP contribution is 2.24. The van der Waals surface area contributed by atoms with E-state index >= 15 is 0 Å². The molecule has 0 aliphatic heterocycles. The number of aromatic nitrogens is 2. The Kier molecular flexibility index (Phi) is 3.83. The number of halogens is 1. The van der Waals surface area contributed by atoms with Crippen LogP contribution >= 0.6 is 0 Å². The van der Waals surface area contributed by atoms with Crippen LogP contribution in [0.1, 0.15) is 11.1 Å². The Morgan fingerprint density at radius 1 is 1.00 bits per heavy atom. The van der Waals surface area contributed by atoms with E-state index < -0.39 is 0 Å². The van der Waals surface area contributed by atoms with E-state index in [2.05, 4.69) is 47.3 Å². The van der Waals surface area contributed by atoms with Crippen LogP contribution in [0.4, 0.5) is 16.0 Å². The second-order valence-corrected chi connectivity index (χ2v) is 5.22. The van der Waals surface area contributed by atoms with E-state index in [0.29, 0.717) is 11.6 Å². The molecule has 3 aromatic rings. The second kappa shape index (κ2) is 5.93. The molecule has 0 bridgehead atoms. The highest BCUT2D eigenvalue weighted by Gasteiger charge is 2.06. The molecule has 4 heteroatoms. The summed E-state index contributed by atoms with van der Waals surface area (Å²) >= 11 is 0. The van der Waals surface area contributed by atoms with Gasteiger partial charge in [-0.3, -0.25) is 0 Å². The zero-order valence-corrected chi connectivity index (χ0v) is 12.5. The fourth-order valence-electron chi connectivity index (χ4n) is 2.28. The first-order valence-corrected chi connectivity index (χ1v) is 7.05. The van der Waals surface area contributed by atoms with E-state index in [0.717, 1.165) is 16.8 Å². The summed E-state index contributed by atoms with van der Waals surface area (Å²) in [5.74, 6) is 0.152. The maximum atomic E-state index is 13.2. The van der Waals surface area contributed by atoms with Crippen LogP contribution in [0.3, 0.4) is 0 Å². The van der Waals surface area contributed by atoms with E-state index in [-0.39, 0.29) is 5.82 Å². The highest BCUT2D eigenvalue weighted by molar-refractivity contribution is 5.66. The number of benzene rings is 2. The van der Waals surface area contributed by atoms with Crippen molar-refractivity contribution in [1.82, 2.24) is 9.97 Å². The first-order chi connectivity index (χ1) is 10.6. The summed E-state index contributed by atoms with van der Waals surface area (Å²) in [7, 11) is 0. The minimum absolute atomic E-state index is 0.296. The minimum Gasteiger partial charge on any atom is -0.324 e. The summed E-state index contributed by atoms with van der Waals surface area (Å²) in [6.07, 6.45) is 1.70. The van der Waals surface area contributed by atoms with E-state index in [1.54, 1.807) is 18.3 Å². The number of hydrogen-bond acceptors (Lipinski definition) is 3. The van der Waals surface area contributed by atoms with Crippen LogP contribution in [0.2, 0.25) is 0 Å². The first-order valence-electron chi connectivity index (χ1n) is 7.05. The van der Waals surface area contributed by atoms with Crippen molar-refractivity contribution in [2.45, 2.75) is 13.8 Å². The summed E-state index contributed by atoms with van der Waals surface area (Å²) < 4.78 is 13.2. The van der Waals surface area contributed by atoms with E-state index in [4.69, 9.17) is 0 Å². The lowest BCUT2D eigenvalue weighted by Crippen LogP contribution is -1.98. The molecular formula is C18H16FN3. The fraction of sp³-hybridized carbons (Fsp3) is 0.111. The van der Waals surface area contributed by atoms with Gasteiger partial charge in [0, 0.05) is 17.4 Å². The zero-order valence-electron chi connectivity index (χ0n) is 12.5. The molecule has 0 aliphatic carbocycles. The first kappa shape index (κ1) is 14.2. The third kappa shape index (κ3) is 3.11. The maximum Gasteiger partial charge on any atom is 0.227 e. The number of aryl methyl sites for hydroxylation is 2. The normalized spacial score (nSPS) is 10.5. The molecule has 1 heterocycles. The Morgan fingerprint density at radius 2 is 1.86 bits per heavy atom. The van der Waals surface area contributed by atoms with Crippen LogP contribution in [-0.4, -0.2) is 9.97 Å². The topological polar surface area (TPSA) is 37.8 Å². The monoisotopic (exact) mass is 293 g/mol. The van der Waals surface area contributed by atoms with Gasteiger partial charge in [-0.1, -0.05) is 23.8 Å². The van der Waals surface area contributed by atoms with Gasteiger partial charge in [0.25, 0.3) is 0 Å². The molecule has 1 N–H and O–H groups in total. The fourth-order valence-corrected chi connectivity index (χ4v) is 2.28. The standard InChI is InChI=1S/C18H16FN3/c1-12-6-7-13(2)16(10-12)17-8-9-20-18(22-17)21-15-5-3-4-14(19)11-15/h3-11H,1-2H3,(H,20,21,22). The third-order valence-electron chi connectivity index (χ3n) is 3.41. The predicted octanol–water partition coefficient (Wildman–Crippen LogP) is 4.64. The molecule has 0 unspecified atom stereocenters. The van der Waals surface area contributed by atoms with Gasteiger partial charge in [-0.15, -0.1) is 0 Å². The molecule has 0 spiro atoms. The molecule has 22 heavy (non-hydrogen) atoms. The Morgan fingerprint density at radius 3 is 2.68 bits per heavy atom. The van der Waals surface area contributed by atoms with E-state index in [9.17, 15) is 4.39 Å². The molecule has 0 atom stereocenters. The van der Waals surface area contributed by atoms with Crippen molar-refractivity contribution >= 4 is 11.6 Å². The van der Waals surface area contributed by atoms with Gasteiger partial charge in [-0.05, 0) is 49.7 Å². The largest absolute Gasteiger partial charge is 0.324 e. The Balaban J connectivity index is 1.94. The van der Waals surface area contributed by atoms with Crippen molar-refractivity contribution in [3.8, 4) is 11.3 Å². The predicted molar refractivity (Wildman–Crippen MR) is 86.6 cm³/mol. The van der Waals surface area contributed by atoms with Gasteiger partial charge < -0.3 is 5.32 Å². The molecule has 0 aliphatic rings. The van der Waals surface area contributed by atoms with Gasteiger partial charge in [0.05, 0.1) is 5.69 Å². The van der Waals surface area contributed by atoms with Gasteiger partial charge >= 0.3 is 0 Å². The van der Waals surface area contributed by atoms with Crippen LogP contribution in [0.5, 0.6) is 0 Å². The molecule has 0 radical (unpaired) electrons. The molecule has 110 valence electrons. The number of nitrogens with one attached hydrogen (secondary N) is 1. The van der Waals surface area contributed by atoms with Gasteiger partial charge in [0.2, 0.25) is 5.95 Å². The molecule has 1 aromatic heterocycles. The molecule has 3 rings (SSSR count). The third-order valence-corrected chi connectivity index (χ3v) is 3.41. The van der Waals surface area contributed by atoms with Gasteiger partial charge in [-0.25, -0.2) is 14.4 Å². The lowest BCUT2D eigenvalue weighted by Gasteiger charge is -2.09. The average molecular weight is 293 g/mol. The molecule has 3 nitrogen and oxygen atoms in total. The van der Waals surface area contributed by atoms with Gasteiger partial charge in [-0.2, -0.15) is 0 Å². The highest BCUT2D eigenvalue weighted by atomic mass is 19.1. The van der Waals surface area contributed by atoms with Crippen molar-refractivity contribution in [2.24, 2.45) is 0 Å². The lowest BCUT2D eigenvalue weighted by molar-refractivity contribution is 0.628. The van der Waals surface area contributed by atoms with Crippen LogP contribution < -0.4 is 5.32 Å². The summed E-state index contributed by atoms with van der Waals surface area (Å²) in [4.78, 5) is 8.72. The van der Waals surface area contributed by atoms with E-state index in [1.807, 2.05) is 6.07 Å².